The third-order valence-electron chi connectivity index (χ3n) is 5.09. The Morgan fingerprint density at radius 2 is 1.96 bits per heavy atom. The van der Waals surface area contributed by atoms with Crippen molar-refractivity contribution in [2.75, 3.05) is 24.9 Å². The van der Waals surface area contributed by atoms with E-state index in [-0.39, 0.29) is 0 Å². The second kappa shape index (κ2) is 6.19. The summed E-state index contributed by atoms with van der Waals surface area (Å²) in [7, 11) is 0. The van der Waals surface area contributed by atoms with Crippen molar-refractivity contribution < 1.29 is 14.2 Å². The van der Waals surface area contributed by atoms with Gasteiger partial charge in [-0.05, 0) is 37.0 Å². The first-order valence-corrected chi connectivity index (χ1v) is 8.92. The molecule has 1 aromatic carbocycles. The fourth-order valence-corrected chi connectivity index (χ4v) is 3.53. The van der Waals surface area contributed by atoms with Gasteiger partial charge in [-0.25, -0.2) is 9.97 Å². The van der Waals surface area contributed by atoms with Crippen LogP contribution in [0.15, 0.2) is 30.6 Å². The monoisotopic (exact) mass is 339 g/mol. The summed E-state index contributed by atoms with van der Waals surface area (Å²) in [5.74, 6) is 3.07. The van der Waals surface area contributed by atoms with Crippen LogP contribution in [0, 0.1) is 0 Å². The van der Waals surface area contributed by atoms with E-state index in [0.29, 0.717) is 18.8 Å². The molecule has 0 unspecified atom stereocenters. The summed E-state index contributed by atoms with van der Waals surface area (Å²) in [5.41, 5.74) is 2.30. The van der Waals surface area contributed by atoms with Gasteiger partial charge in [0.15, 0.2) is 11.5 Å². The topological polar surface area (TPSA) is 56.7 Å². The van der Waals surface area contributed by atoms with E-state index >= 15 is 0 Å². The van der Waals surface area contributed by atoms with E-state index in [9.17, 15) is 0 Å². The molecule has 1 aromatic heterocycles. The molecule has 0 spiro atoms. The van der Waals surface area contributed by atoms with E-state index in [2.05, 4.69) is 33.1 Å². The summed E-state index contributed by atoms with van der Waals surface area (Å²) in [5, 5.41) is 0. The third kappa shape index (κ3) is 3.02. The Morgan fingerprint density at radius 1 is 1.04 bits per heavy atom. The molecule has 6 nitrogen and oxygen atoms in total. The molecule has 2 aromatic rings. The minimum absolute atomic E-state index is 0.309. The highest BCUT2D eigenvalue weighted by atomic mass is 16.7. The van der Waals surface area contributed by atoms with Gasteiger partial charge >= 0.3 is 0 Å². The zero-order valence-electron chi connectivity index (χ0n) is 14.1. The molecular formula is C19H21N3O3. The standard InChI is InChI=1S/C19H21N3O3/c1-4-17-18(25-12-24-17)7-13(1)9-22(15-2-3-15)19-8-16(20-11-21-19)14-5-6-23-10-14/h1,4,7-8,11,14-15H,2-3,5-6,9-10,12H2/t14-/m0/s1. The maximum Gasteiger partial charge on any atom is 0.231 e. The van der Waals surface area contributed by atoms with Gasteiger partial charge in [0, 0.05) is 31.2 Å². The van der Waals surface area contributed by atoms with Crippen molar-refractivity contribution in [1.82, 2.24) is 9.97 Å². The van der Waals surface area contributed by atoms with Crippen LogP contribution in [0.25, 0.3) is 0 Å². The molecule has 0 radical (unpaired) electrons. The molecule has 3 aliphatic rings. The van der Waals surface area contributed by atoms with Crippen molar-refractivity contribution in [3.8, 4) is 11.5 Å². The lowest BCUT2D eigenvalue weighted by Gasteiger charge is -2.24. The van der Waals surface area contributed by atoms with E-state index < -0.39 is 0 Å². The molecule has 5 rings (SSSR count). The molecule has 0 amide bonds. The van der Waals surface area contributed by atoms with Gasteiger partial charge in [0.1, 0.15) is 12.1 Å². The summed E-state index contributed by atoms with van der Waals surface area (Å²) in [6.07, 6.45) is 5.17. The summed E-state index contributed by atoms with van der Waals surface area (Å²) in [4.78, 5) is 11.4. The van der Waals surface area contributed by atoms with Gasteiger partial charge in [-0.3, -0.25) is 0 Å². The van der Waals surface area contributed by atoms with Crippen molar-refractivity contribution in [3.63, 3.8) is 0 Å². The number of hydrogen-bond donors (Lipinski definition) is 0. The van der Waals surface area contributed by atoms with E-state index in [0.717, 1.165) is 49.2 Å². The van der Waals surface area contributed by atoms with Crippen LogP contribution >= 0.6 is 0 Å². The van der Waals surface area contributed by atoms with Crippen LogP contribution in [0.1, 0.15) is 36.4 Å². The number of anilines is 1. The van der Waals surface area contributed by atoms with E-state index in [1.165, 1.54) is 18.4 Å². The van der Waals surface area contributed by atoms with Crippen LogP contribution in [0.4, 0.5) is 5.82 Å². The molecule has 130 valence electrons. The van der Waals surface area contributed by atoms with Crippen molar-refractivity contribution in [2.24, 2.45) is 0 Å². The summed E-state index contributed by atoms with van der Waals surface area (Å²) in [6, 6.07) is 8.88. The summed E-state index contributed by atoms with van der Waals surface area (Å²) >= 11 is 0. The van der Waals surface area contributed by atoms with Crippen LogP contribution < -0.4 is 14.4 Å². The predicted molar refractivity (Wildman–Crippen MR) is 92.0 cm³/mol. The van der Waals surface area contributed by atoms with Crippen molar-refractivity contribution >= 4 is 5.82 Å². The van der Waals surface area contributed by atoms with E-state index in [4.69, 9.17) is 14.2 Å². The lowest BCUT2D eigenvalue weighted by Crippen LogP contribution is -2.26. The second-order valence-electron chi connectivity index (χ2n) is 6.91. The number of fused-ring (bicyclic) bond motifs is 1. The zero-order chi connectivity index (χ0) is 16.6. The molecule has 1 atom stereocenters. The van der Waals surface area contributed by atoms with Gasteiger partial charge in [-0.2, -0.15) is 0 Å². The van der Waals surface area contributed by atoms with Gasteiger partial charge < -0.3 is 19.1 Å². The predicted octanol–water partition coefficient (Wildman–Crippen LogP) is 2.88. The normalized spacial score (nSPS) is 21.5. The van der Waals surface area contributed by atoms with E-state index in [1.54, 1.807) is 6.33 Å². The number of hydrogen-bond acceptors (Lipinski definition) is 6. The number of rotatable bonds is 5. The lowest BCUT2D eigenvalue weighted by atomic mass is 10.0. The largest absolute Gasteiger partial charge is 0.454 e. The minimum Gasteiger partial charge on any atom is -0.454 e. The average molecular weight is 339 g/mol. The highest BCUT2D eigenvalue weighted by molar-refractivity contribution is 5.48. The molecule has 2 aliphatic heterocycles. The van der Waals surface area contributed by atoms with Crippen LogP contribution in [0.2, 0.25) is 0 Å². The molecule has 6 heteroatoms. The fourth-order valence-electron chi connectivity index (χ4n) is 3.53. The SMILES string of the molecule is c1nc([C@H]2CCOC2)cc(N(Cc2ccc3c(c2)OCO3)C2CC2)n1. The molecule has 2 fully saturated rings. The smallest absolute Gasteiger partial charge is 0.231 e. The van der Waals surface area contributed by atoms with E-state index in [1.807, 2.05) is 6.07 Å². The zero-order valence-corrected chi connectivity index (χ0v) is 14.1. The Morgan fingerprint density at radius 3 is 2.80 bits per heavy atom. The van der Waals surface area contributed by atoms with Gasteiger partial charge in [-0.15, -0.1) is 0 Å². The first kappa shape index (κ1) is 15.0. The van der Waals surface area contributed by atoms with Gasteiger partial charge in [0.05, 0.1) is 12.3 Å². The van der Waals surface area contributed by atoms with Crippen LogP contribution in [-0.2, 0) is 11.3 Å². The number of ether oxygens (including phenoxy) is 3. The number of benzene rings is 1. The molecular weight excluding hydrogens is 318 g/mol. The number of nitrogens with zero attached hydrogens (tertiary/aromatic N) is 3. The molecule has 3 heterocycles. The second-order valence-corrected chi connectivity index (χ2v) is 6.91. The first-order valence-electron chi connectivity index (χ1n) is 8.92. The Kier molecular flexibility index (Phi) is 3.70. The van der Waals surface area contributed by atoms with Gasteiger partial charge in [0.2, 0.25) is 6.79 Å². The molecule has 1 saturated carbocycles. The molecule has 0 N–H and O–H groups in total. The highest BCUT2D eigenvalue weighted by Crippen LogP contribution is 2.36. The van der Waals surface area contributed by atoms with Crippen molar-refractivity contribution in [2.45, 2.75) is 37.8 Å². The van der Waals surface area contributed by atoms with Gasteiger partial charge in [-0.1, -0.05) is 6.07 Å². The maximum atomic E-state index is 5.51. The molecule has 0 bridgehead atoms. The maximum absolute atomic E-state index is 5.51. The van der Waals surface area contributed by atoms with Crippen LogP contribution in [0.5, 0.6) is 11.5 Å². The Balaban J connectivity index is 1.40. The van der Waals surface area contributed by atoms with Crippen LogP contribution in [-0.4, -0.2) is 36.0 Å². The summed E-state index contributed by atoms with van der Waals surface area (Å²) < 4.78 is 16.4. The Labute approximate surface area is 146 Å². The lowest BCUT2D eigenvalue weighted by molar-refractivity contribution is 0.174. The first-order chi connectivity index (χ1) is 12.4. The summed E-state index contributed by atoms with van der Waals surface area (Å²) in [6.45, 7) is 2.72. The van der Waals surface area contributed by atoms with Crippen LogP contribution in [0.3, 0.4) is 0 Å². The molecule has 1 saturated heterocycles. The Hall–Kier alpha value is -2.34. The van der Waals surface area contributed by atoms with Crippen molar-refractivity contribution in [1.29, 1.82) is 0 Å². The van der Waals surface area contributed by atoms with Crippen molar-refractivity contribution in [3.05, 3.63) is 41.9 Å². The third-order valence-corrected chi connectivity index (χ3v) is 5.09. The average Bonchev–Trinajstić information content (AvgIpc) is 3.14. The quantitative estimate of drug-likeness (QED) is 0.835. The molecule has 25 heavy (non-hydrogen) atoms. The highest BCUT2D eigenvalue weighted by Gasteiger charge is 2.31. The fraction of sp³-hybridized carbons (Fsp3) is 0.474. The minimum atomic E-state index is 0.309. The number of aromatic nitrogens is 2. The molecule has 1 aliphatic carbocycles. The Bertz CT molecular complexity index is 772. The van der Waals surface area contributed by atoms with Gasteiger partial charge in [0.25, 0.3) is 0 Å².